The molecule has 0 aromatic heterocycles. The fourth-order valence-corrected chi connectivity index (χ4v) is 1.11. The Morgan fingerprint density at radius 3 is 2.38 bits per heavy atom. The molecule has 0 heterocycles. The number of carboxylic acids is 1. The summed E-state index contributed by atoms with van der Waals surface area (Å²) >= 11 is 5.62. The maximum Gasteiger partial charge on any atom is 0.303 e. The highest BCUT2D eigenvalue weighted by atomic mass is 35.5. The van der Waals surface area contributed by atoms with E-state index in [9.17, 15) is 9.59 Å². The van der Waals surface area contributed by atoms with Gasteiger partial charge in [-0.15, -0.1) is 11.6 Å². The molecular formula is C10H18ClNO4. The van der Waals surface area contributed by atoms with E-state index in [1.165, 1.54) is 0 Å². The quantitative estimate of drug-likeness (QED) is 0.574. The lowest BCUT2D eigenvalue weighted by Gasteiger charge is -2.22. The highest BCUT2D eigenvalue weighted by molar-refractivity contribution is 6.19. The first-order chi connectivity index (χ1) is 7.33. The van der Waals surface area contributed by atoms with Crippen molar-refractivity contribution in [2.75, 3.05) is 19.0 Å². The van der Waals surface area contributed by atoms with Gasteiger partial charge in [0, 0.05) is 24.9 Å². The summed E-state index contributed by atoms with van der Waals surface area (Å²) < 4.78 is 0. The maximum absolute atomic E-state index is 11.6. The second kappa shape index (κ2) is 6.70. The normalized spacial score (nSPS) is 13.2. The van der Waals surface area contributed by atoms with Crippen molar-refractivity contribution >= 4 is 23.5 Å². The van der Waals surface area contributed by atoms with Gasteiger partial charge in [-0.3, -0.25) is 9.59 Å². The highest BCUT2D eigenvalue weighted by Gasteiger charge is 2.26. The lowest BCUT2D eigenvalue weighted by Crippen LogP contribution is -2.41. The van der Waals surface area contributed by atoms with E-state index in [4.69, 9.17) is 21.8 Å². The second-order valence-electron chi connectivity index (χ2n) is 4.37. The van der Waals surface area contributed by atoms with Gasteiger partial charge in [0.2, 0.25) is 5.91 Å². The summed E-state index contributed by atoms with van der Waals surface area (Å²) in [5.74, 6) is -1.52. The number of aliphatic hydroxyl groups excluding tert-OH is 1. The first kappa shape index (κ1) is 15.2. The van der Waals surface area contributed by atoms with E-state index in [1.54, 1.807) is 13.8 Å². The molecule has 0 fully saturated rings. The van der Waals surface area contributed by atoms with Gasteiger partial charge in [-0.25, -0.2) is 0 Å². The minimum Gasteiger partial charge on any atom is -0.481 e. The number of halogens is 1. The number of aliphatic carboxylic acids is 1. The van der Waals surface area contributed by atoms with Crippen molar-refractivity contribution in [2.24, 2.45) is 11.3 Å². The number of nitrogens with one attached hydrogen (secondary N) is 1. The fraction of sp³-hybridized carbons (Fsp3) is 0.800. The van der Waals surface area contributed by atoms with Crippen molar-refractivity contribution in [3.63, 3.8) is 0 Å². The van der Waals surface area contributed by atoms with E-state index in [2.05, 4.69) is 5.32 Å². The lowest BCUT2D eigenvalue weighted by atomic mass is 9.95. The summed E-state index contributed by atoms with van der Waals surface area (Å²) in [7, 11) is 0. The number of alkyl halides is 1. The number of aliphatic hydroxyl groups is 1. The van der Waals surface area contributed by atoms with Crippen LogP contribution < -0.4 is 5.32 Å². The average Bonchev–Trinajstić information content (AvgIpc) is 2.22. The Morgan fingerprint density at radius 2 is 2.00 bits per heavy atom. The zero-order valence-corrected chi connectivity index (χ0v) is 10.3. The largest absolute Gasteiger partial charge is 0.481 e. The zero-order valence-electron chi connectivity index (χ0n) is 9.49. The summed E-state index contributed by atoms with van der Waals surface area (Å²) in [5.41, 5.74) is -0.690. The standard InChI is InChI=1S/C10H18ClNO4/c1-10(2,6-11)9(16)12-4-7(5-13)3-8(14)15/h7,13H,3-6H2,1-2H3,(H,12,16)(H,14,15). The molecule has 0 aliphatic rings. The molecule has 16 heavy (non-hydrogen) atoms. The van der Waals surface area contributed by atoms with Crippen LogP contribution in [-0.2, 0) is 9.59 Å². The van der Waals surface area contributed by atoms with Crippen LogP contribution in [0, 0.1) is 11.3 Å². The van der Waals surface area contributed by atoms with Crippen LogP contribution >= 0.6 is 11.6 Å². The molecule has 1 atom stereocenters. The van der Waals surface area contributed by atoms with Crippen molar-refractivity contribution in [3.8, 4) is 0 Å². The summed E-state index contributed by atoms with van der Waals surface area (Å²) in [6.07, 6.45) is -0.169. The van der Waals surface area contributed by atoms with E-state index < -0.39 is 17.3 Å². The molecule has 0 aliphatic heterocycles. The molecular weight excluding hydrogens is 234 g/mol. The van der Waals surface area contributed by atoms with E-state index in [0.717, 1.165) is 0 Å². The zero-order chi connectivity index (χ0) is 12.8. The average molecular weight is 252 g/mol. The Labute approximate surface area is 99.8 Å². The molecule has 5 nitrogen and oxygen atoms in total. The van der Waals surface area contributed by atoms with Gasteiger partial charge in [0.15, 0.2) is 0 Å². The van der Waals surface area contributed by atoms with Gasteiger partial charge in [0.25, 0.3) is 0 Å². The van der Waals surface area contributed by atoms with Gasteiger partial charge in [0.1, 0.15) is 0 Å². The van der Waals surface area contributed by atoms with Gasteiger partial charge >= 0.3 is 5.97 Å². The van der Waals surface area contributed by atoms with Crippen LogP contribution in [-0.4, -0.2) is 41.1 Å². The third-order valence-electron chi connectivity index (χ3n) is 2.22. The Balaban J connectivity index is 4.12. The first-order valence-electron chi connectivity index (χ1n) is 5.00. The predicted octanol–water partition coefficient (Wildman–Crippen LogP) is 0.451. The molecule has 0 spiro atoms. The number of amides is 1. The van der Waals surface area contributed by atoms with Crippen LogP contribution in [0.2, 0.25) is 0 Å². The Bertz CT molecular complexity index is 255. The van der Waals surface area contributed by atoms with E-state index in [1.807, 2.05) is 0 Å². The third-order valence-corrected chi connectivity index (χ3v) is 2.89. The molecule has 0 saturated carbocycles. The number of hydrogen-bond acceptors (Lipinski definition) is 3. The molecule has 0 saturated heterocycles. The highest BCUT2D eigenvalue weighted by Crippen LogP contribution is 2.17. The lowest BCUT2D eigenvalue weighted by molar-refractivity contribution is -0.139. The Kier molecular flexibility index (Phi) is 6.36. The minimum atomic E-state index is -0.995. The summed E-state index contributed by atoms with van der Waals surface area (Å²) in [4.78, 5) is 22.0. The third kappa shape index (κ3) is 5.32. The van der Waals surface area contributed by atoms with Crippen LogP contribution in [0.25, 0.3) is 0 Å². The van der Waals surface area contributed by atoms with Crippen molar-refractivity contribution < 1.29 is 19.8 Å². The van der Waals surface area contributed by atoms with Gasteiger partial charge in [-0.2, -0.15) is 0 Å². The molecule has 0 radical (unpaired) electrons. The second-order valence-corrected chi connectivity index (χ2v) is 4.64. The molecule has 0 rings (SSSR count). The van der Waals surface area contributed by atoms with Crippen LogP contribution in [0.3, 0.4) is 0 Å². The van der Waals surface area contributed by atoms with Crippen LogP contribution in [0.15, 0.2) is 0 Å². The Morgan fingerprint density at radius 1 is 1.44 bits per heavy atom. The van der Waals surface area contributed by atoms with Crippen LogP contribution in [0.4, 0.5) is 0 Å². The fourth-order valence-electron chi connectivity index (χ4n) is 0.985. The molecule has 3 N–H and O–H groups in total. The van der Waals surface area contributed by atoms with Crippen molar-refractivity contribution in [3.05, 3.63) is 0 Å². The predicted molar refractivity (Wildman–Crippen MR) is 60.3 cm³/mol. The number of carboxylic acid groups (broad SMARTS) is 1. The van der Waals surface area contributed by atoms with Crippen molar-refractivity contribution in [1.82, 2.24) is 5.32 Å². The SMILES string of the molecule is CC(C)(CCl)C(=O)NCC(CO)CC(=O)O. The smallest absolute Gasteiger partial charge is 0.303 e. The molecule has 1 unspecified atom stereocenters. The first-order valence-corrected chi connectivity index (χ1v) is 5.54. The number of rotatable bonds is 7. The van der Waals surface area contributed by atoms with Gasteiger partial charge in [-0.05, 0) is 13.8 Å². The van der Waals surface area contributed by atoms with Crippen molar-refractivity contribution in [1.29, 1.82) is 0 Å². The van der Waals surface area contributed by atoms with Crippen LogP contribution in [0.1, 0.15) is 20.3 Å². The maximum atomic E-state index is 11.6. The molecule has 94 valence electrons. The van der Waals surface area contributed by atoms with E-state index >= 15 is 0 Å². The van der Waals surface area contributed by atoms with E-state index in [-0.39, 0.29) is 31.4 Å². The summed E-state index contributed by atoms with van der Waals surface area (Å²) in [6.45, 7) is 3.26. The summed E-state index contributed by atoms with van der Waals surface area (Å²) in [6, 6.07) is 0. The number of carbonyl (C=O) groups is 2. The molecule has 1 amide bonds. The van der Waals surface area contributed by atoms with Gasteiger partial charge in [0.05, 0.1) is 11.8 Å². The monoisotopic (exact) mass is 251 g/mol. The summed E-state index contributed by atoms with van der Waals surface area (Å²) in [5, 5.41) is 20.0. The van der Waals surface area contributed by atoms with Crippen molar-refractivity contribution in [2.45, 2.75) is 20.3 Å². The minimum absolute atomic E-state index is 0.141. The number of hydrogen-bond donors (Lipinski definition) is 3. The molecule has 0 bridgehead atoms. The Hall–Kier alpha value is -0.810. The van der Waals surface area contributed by atoms with E-state index in [0.29, 0.717) is 0 Å². The van der Waals surface area contributed by atoms with Gasteiger partial charge in [-0.1, -0.05) is 0 Å². The van der Waals surface area contributed by atoms with Gasteiger partial charge < -0.3 is 15.5 Å². The molecule has 0 aromatic carbocycles. The topological polar surface area (TPSA) is 86.6 Å². The molecule has 0 aliphatic carbocycles. The molecule has 0 aromatic rings. The number of carbonyl (C=O) groups excluding carboxylic acids is 1. The molecule has 6 heteroatoms. The van der Waals surface area contributed by atoms with Crippen LogP contribution in [0.5, 0.6) is 0 Å².